The number of hydrogen-bond acceptors (Lipinski definition) is 4. The van der Waals surface area contributed by atoms with Crippen molar-refractivity contribution in [1.29, 1.82) is 0 Å². The fraction of sp³-hybridized carbons (Fsp3) is 0.846. The van der Waals surface area contributed by atoms with Gasteiger partial charge in [-0.1, -0.05) is 0 Å². The summed E-state index contributed by atoms with van der Waals surface area (Å²) in [6.45, 7) is 2.80. The molecule has 0 radical (unpaired) electrons. The van der Waals surface area contributed by atoms with Crippen molar-refractivity contribution >= 4 is 11.8 Å². The van der Waals surface area contributed by atoms with E-state index in [1.54, 1.807) is 0 Å². The molecule has 108 valence electrons. The van der Waals surface area contributed by atoms with Gasteiger partial charge in [0.25, 0.3) is 0 Å². The number of ether oxygens (including phenoxy) is 1. The highest BCUT2D eigenvalue weighted by Gasteiger charge is 2.32. The molecule has 3 N–H and O–H groups in total. The van der Waals surface area contributed by atoms with Crippen molar-refractivity contribution in [2.75, 3.05) is 26.2 Å². The SMILES string of the molecule is NCCCOC1CCN(C(=O)C2CCC(=O)N2)CC1. The lowest BCUT2D eigenvalue weighted by molar-refractivity contribution is -0.136. The van der Waals surface area contributed by atoms with Crippen LogP contribution in [0, 0.1) is 0 Å². The van der Waals surface area contributed by atoms with Crippen LogP contribution < -0.4 is 11.1 Å². The van der Waals surface area contributed by atoms with Gasteiger partial charge in [0.05, 0.1) is 6.10 Å². The van der Waals surface area contributed by atoms with E-state index in [1.807, 2.05) is 4.90 Å². The van der Waals surface area contributed by atoms with Crippen molar-refractivity contribution in [2.24, 2.45) is 5.73 Å². The predicted molar refractivity (Wildman–Crippen MR) is 70.4 cm³/mol. The second kappa shape index (κ2) is 6.86. The second-order valence-electron chi connectivity index (χ2n) is 5.20. The van der Waals surface area contributed by atoms with Crippen molar-refractivity contribution in [2.45, 2.75) is 44.2 Å². The summed E-state index contributed by atoms with van der Waals surface area (Å²) >= 11 is 0. The predicted octanol–water partition coefficient (Wildman–Crippen LogP) is -0.379. The zero-order valence-electron chi connectivity index (χ0n) is 11.3. The van der Waals surface area contributed by atoms with Gasteiger partial charge in [0.1, 0.15) is 6.04 Å². The highest BCUT2D eigenvalue weighted by atomic mass is 16.5. The van der Waals surface area contributed by atoms with Crippen molar-refractivity contribution < 1.29 is 14.3 Å². The Bertz CT molecular complexity index is 327. The molecule has 2 aliphatic heterocycles. The summed E-state index contributed by atoms with van der Waals surface area (Å²) in [6, 6.07) is -0.304. The summed E-state index contributed by atoms with van der Waals surface area (Å²) in [5.74, 6) is 0.0459. The molecule has 0 aliphatic carbocycles. The highest BCUT2D eigenvalue weighted by Crippen LogP contribution is 2.17. The van der Waals surface area contributed by atoms with Gasteiger partial charge in [-0.2, -0.15) is 0 Å². The van der Waals surface area contributed by atoms with Gasteiger partial charge in [-0.3, -0.25) is 9.59 Å². The normalized spacial score (nSPS) is 24.6. The Balaban J connectivity index is 1.70. The van der Waals surface area contributed by atoms with Gasteiger partial charge in [-0.15, -0.1) is 0 Å². The summed E-state index contributed by atoms with van der Waals surface area (Å²) < 4.78 is 5.71. The quantitative estimate of drug-likeness (QED) is 0.666. The molecule has 2 rings (SSSR count). The van der Waals surface area contributed by atoms with Crippen LogP contribution in [-0.2, 0) is 14.3 Å². The van der Waals surface area contributed by atoms with Crippen LogP contribution in [0.2, 0.25) is 0 Å². The van der Waals surface area contributed by atoms with Crippen molar-refractivity contribution in [1.82, 2.24) is 10.2 Å². The summed E-state index contributed by atoms with van der Waals surface area (Å²) in [4.78, 5) is 25.1. The molecule has 0 aromatic carbocycles. The number of rotatable bonds is 5. The van der Waals surface area contributed by atoms with Crippen molar-refractivity contribution in [3.8, 4) is 0 Å². The van der Waals surface area contributed by atoms with Gasteiger partial charge in [-0.25, -0.2) is 0 Å². The Morgan fingerprint density at radius 3 is 2.68 bits per heavy atom. The van der Waals surface area contributed by atoms with Crippen LogP contribution in [0.25, 0.3) is 0 Å². The van der Waals surface area contributed by atoms with Gasteiger partial charge in [0, 0.05) is 26.1 Å². The minimum atomic E-state index is -0.304. The highest BCUT2D eigenvalue weighted by molar-refractivity contribution is 5.90. The first-order valence-electron chi connectivity index (χ1n) is 7.10. The molecular formula is C13H23N3O3. The molecule has 19 heavy (non-hydrogen) atoms. The Kier molecular flexibility index (Phi) is 5.15. The molecule has 6 nitrogen and oxygen atoms in total. The fourth-order valence-electron chi connectivity index (χ4n) is 2.60. The zero-order valence-corrected chi connectivity index (χ0v) is 11.3. The lowest BCUT2D eigenvalue weighted by Gasteiger charge is -2.33. The molecule has 0 spiro atoms. The Morgan fingerprint density at radius 2 is 2.11 bits per heavy atom. The number of hydrogen-bond donors (Lipinski definition) is 2. The average Bonchev–Trinajstić information content (AvgIpc) is 2.86. The maximum absolute atomic E-state index is 12.2. The van der Waals surface area contributed by atoms with E-state index in [-0.39, 0.29) is 24.0 Å². The number of carbonyl (C=O) groups is 2. The van der Waals surface area contributed by atoms with Crippen LogP contribution >= 0.6 is 0 Å². The summed E-state index contributed by atoms with van der Waals surface area (Å²) in [5.41, 5.74) is 5.42. The van der Waals surface area contributed by atoms with Crippen LogP contribution in [0.3, 0.4) is 0 Å². The average molecular weight is 269 g/mol. The maximum Gasteiger partial charge on any atom is 0.245 e. The molecule has 2 amide bonds. The molecule has 0 aromatic heterocycles. The molecule has 1 atom stereocenters. The molecule has 6 heteroatoms. The topological polar surface area (TPSA) is 84.7 Å². The Labute approximate surface area is 113 Å². The standard InChI is InChI=1S/C13H23N3O3/c14-6-1-9-19-10-4-7-16(8-5-10)13(18)11-2-3-12(17)15-11/h10-11H,1-9,14H2,(H,15,17). The molecule has 1 unspecified atom stereocenters. The first-order chi connectivity index (χ1) is 9.20. The third kappa shape index (κ3) is 3.91. The van der Waals surface area contributed by atoms with Crippen molar-refractivity contribution in [3.05, 3.63) is 0 Å². The van der Waals surface area contributed by atoms with Crippen LogP contribution in [0.1, 0.15) is 32.1 Å². The third-order valence-corrected chi connectivity index (χ3v) is 3.75. The van der Waals surface area contributed by atoms with E-state index in [0.717, 1.165) is 32.4 Å². The minimum Gasteiger partial charge on any atom is -0.378 e. The monoisotopic (exact) mass is 269 g/mol. The molecule has 2 saturated heterocycles. The van der Waals surface area contributed by atoms with Crippen LogP contribution in [0.4, 0.5) is 0 Å². The first kappa shape index (κ1) is 14.3. The van der Waals surface area contributed by atoms with E-state index in [4.69, 9.17) is 10.5 Å². The van der Waals surface area contributed by atoms with E-state index in [1.165, 1.54) is 0 Å². The number of amides is 2. The van der Waals surface area contributed by atoms with E-state index in [9.17, 15) is 9.59 Å². The lowest BCUT2D eigenvalue weighted by atomic mass is 10.1. The van der Waals surface area contributed by atoms with Crippen molar-refractivity contribution in [3.63, 3.8) is 0 Å². The van der Waals surface area contributed by atoms with Gasteiger partial charge < -0.3 is 20.7 Å². The third-order valence-electron chi connectivity index (χ3n) is 3.75. The van der Waals surface area contributed by atoms with Gasteiger partial charge in [0.2, 0.25) is 11.8 Å². The molecule has 0 saturated carbocycles. The maximum atomic E-state index is 12.2. The van der Waals surface area contributed by atoms with E-state index >= 15 is 0 Å². The molecule has 2 heterocycles. The van der Waals surface area contributed by atoms with Gasteiger partial charge in [-0.05, 0) is 32.2 Å². The molecular weight excluding hydrogens is 246 g/mol. The number of piperidine rings is 1. The van der Waals surface area contributed by atoms with Gasteiger partial charge in [0.15, 0.2) is 0 Å². The second-order valence-corrected chi connectivity index (χ2v) is 5.20. The minimum absolute atomic E-state index is 0.0154. The van der Waals surface area contributed by atoms with Crippen LogP contribution in [-0.4, -0.2) is 55.1 Å². The number of likely N-dealkylation sites (tertiary alicyclic amines) is 1. The molecule has 0 aromatic rings. The number of nitrogens with one attached hydrogen (secondary N) is 1. The number of carbonyl (C=O) groups excluding carboxylic acids is 2. The summed E-state index contributed by atoms with van der Waals surface area (Å²) in [5, 5.41) is 2.73. The number of nitrogens with two attached hydrogens (primary N) is 1. The fourth-order valence-corrected chi connectivity index (χ4v) is 2.60. The van der Waals surface area contributed by atoms with E-state index < -0.39 is 0 Å². The smallest absolute Gasteiger partial charge is 0.245 e. The van der Waals surface area contributed by atoms with E-state index in [2.05, 4.69) is 5.32 Å². The first-order valence-corrected chi connectivity index (χ1v) is 7.10. The lowest BCUT2D eigenvalue weighted by Crippen LogP contribution is -2.48. The molecule has 2 fully saturated rings. The molecule has 2 aliphatic rings. The Morgan fingerprint density at radius 1 is 1.37 bits per heavy atom. The zero-order chi connectivity index (χ0) is 13.7. The molecule has 0 bridgehead atoms. The summed E-state index contributed by atoms with van der Waals surface area (Å²) in [7, 11) is 0. The Hall–Kier alpha value is -1.14. The van der Waals surface area contributed by atoms with Gasteiger partial charge >= 0.3 is 0 Å². The van der Waals surface area contributed by atoms with E-state index in [0.29, 0.717) is 26.0 Å². The van der Waals surface area contributed by atoms with Crippen LogP contribution in [0.5, 0.6) is 0 Å². The van der Waals surface area contributed by atoms with Crippen LogP contribution in [0.15, 0.2) is 0 Å². The summed E-state index contributed by atoms with van der Waals surface area (Å²) in [6.07, 6.45) is 3.97. The number of nitrogens with zero attached hydrogens (tertiary/aromatic N) is 1. The largest absolute Gasteiger partial charge is 0.378 e.